The van der Waals surface area contributed by atoms with Gasteiger partial charge in [0.1, 0.15) is 0 Å². The average molecular weight is 273 g/mol. The van der Waals surface area contributed by atoms with Crippen molar-refractivity contribution in [1.82, 2.24) is 9.80 Å². The van der Waals surface area contributed by atoms with Gasteiger partial charge in [0.2, 0.25) is 0 Å². The highest BCUT2D eigenvalue weighted by atomic mass is 35.5. The largest absolute Gasteiger partial charge is 0.304 e. The van der Waals surface area contributed by atoms with E-state index in [4.69, 9.17) is 11.6 Å². The van der Waals surface area contributed by atoms with Gasteiger partial charge in [-0.1, -0.05) is 11.6 Å². The predicted molar refractivity (Wildman–Crippen MR) is 72.2 cm³/mol. The molecule has 1 aromatic rings. The molecule has 0 spiro atoms. The molecular formula is C12H17ClN2OS. The van der Waals surface area contributed by atoms with E-state index >= 15 is 0 Å². The van der Waals surface area contributed by atoms with Gasteiger partial charge in [-0.2, -0.15) is 0 Å². The Kier molecular flexibility index (Phi) is 4.20. The molecule has 5 heteroatoms. The van der Waals surface area contributed by atoms with Gasteiger partial charge in [0.05, 0.1) is 9.90 Å². The fourth-order valence-corrected chi connectivity index (χ4v) is 3.23. The molecule has 1 fully saturated rings. The summed E-state index contributed by atoms with van der Waals surface area (Å²) in [6, 6.07) is 2.09. The zero-order valence-corrected chi connectivity index (χ0v) is 11.7. The van der Waals surface area contributed by atoms with Crippen LogP contribution >= 0.6 is 22.9 Å². The van der Waals surface area contributed by atoms with E-state index in [9.17, 15) is 4.79 Å². The van der Waals surface area contributed by atoms with Crippen LogP contribution in [0.15, 0.2) is 11.4 Å². The molecule has 1 aromatic heterocycles. The Labute approximate surface area is 111 Å². The minimum absolute atomic E-state index is 0.164. The Morgan fingerprint density at radius 1 is 1.53 bits per heavy atom. The minimum Gasteiger partial charge on any atom is -0.304 e. The Balaban J connectivity index is 2.01. The zero-order chi connectivity index (χ0) is 12.4. The number of ketones is 1. The highest BCUT2D eigenvalue weighted by Crippen LogP contribution is 2.25. The van der Waals surface area contributed by atoms with E-state index in [0.717, 1.165) is 19.6 Å². The van der Waals surface area contributed by atoms with Crippen LogP contribution in [0.1, 0.15) is 16.1 Å². The number of rotatable bonds is 3. The molecule has 0 aromatic carbocycles. The highest BCUT2D eigenvalue weighted by Gasteiger charge is 2.25. The van der Waals surface area contributed by atoms with Crippen LogP contribution in [-0.4, -0.2) is 55.4 Å². The third kappa shape index (κ3) is 3.07. The van der Waals surface area contributed by atoms with Gasteiger partial charge < -0.3 is 9.80 Å². The molecule has 0 aliphatic carbocycles. The van der Waals surface area contributed by atoms with Gasteiger partial charge in [0.15, 0.2) is 5.78 Å². The van der Waals surface area contributed by atoms with E-state index in [0.29, 0.717) is 22.4 Å². The third-order valence-corrected chi connectivity index (χ3v) is 4.65. The molecule has 2 heterocycles. The molecule has 1 unspecified atom stereocenters. The number of hydrogen-bond donors (Lipinski definition) is 0. The maximum Gasteiger partial charge on any atom is 0.175 e. The molecule has 0 N–H and O–H groups in total. The van der Waals surface area contributed by atoms with Crippen molar-refractivity contribution in [3.8, 4) is 0 Å². The molecule has 0 bridgehead atoms. The lowest BCUT2D eigenvalue weighted by Gasteiger charge is -2.37. The Hall–Kier alpha value is -0.420. The maximum atomic E-state index is 12.1. The molecule has 1 atom stereocenters. The molecule has 0 saturated carbocycles. The smallest absolute Gasteiger partial charge is 0.175 e. The maximum absolute atomic E-state index is 12.1. The van der Waals surface area contributed by atoms with Gasteiger partial charge in [0, 0.05) is 32.1 Å². The van der Waals surface area contributed by atoms with Crippen LogP contribution in [-0.2, 0) is 0 Å². The van der Waals surface area contributed by atoms with Gasteiger partial charge in [-0.15, -0.1) is 11.3 Å². The lowest BCUT2D eigenvalue weighted by atomic mass is 10.1. The van der Waals surface area contributed by atoms with Crippen LogP contribution in [0.25, 0.3) is 0 Å². The van der Waals surface area contributed by atoms with E-state index in [1.54, 1.807) is 6.07 Å². The number of halogens is 1. The van der Waals surface area contributed by atoms with Crippen LogP contribution in [0.4, 0.5) is 0 Å². The first-order valence-corrected chi connectivity index (χ1v) is 6.98. The third-order valence-electron chi connectivity index (χ3n) is 3.27. The van der Waals surface area contributed by atoms with E-state index in [1.807, 2.05) is 5.38 Å². The van der Waals surface area contributed by atoms with Crippen LogP contribution in [0.2, 0.25) is 5.02 Å². The van der Waals surface area contributed by atoms with E-state index in [-0.39, 0.29) is 5.78 Å². The number of hydrogen-bond acceptors (Lipinski definition) is 4. The Bertz CT molecular complexity index is 407. The van der Waals surface area contributed by atoms with Gasteiger partial charge in [-0.05, 0) is 25.5 Å². The highest BCUT2D eigenvalue weighted by molar-refractivity contribution is 7.12. The second-order valence-corrected chi connectivity index (χ2v) is 5.94. The van der Waals surface area contributed by atoms with Crippen molar-refractivity contribution in [2.24, 2.45) is 0 Å². The van der Waals surface area contributed by atoms with Crippen molar-refractivity contribution in [2.75, 3.05) is 33.7 Å². The molecule has 3 nitrogen and oxygen atoms in total. The number of thiophene rings is 1. The molecule has 94 valence electrons. The van der Waals surface area contributed by atoms with Crippen LogP contribution < -0.4 is 0 Å². The molecule has 1 saturated heterocycles. The number of carbonyl (C=O) groups is 1. The summed E-state index contributed by atoms with van der Waals surface area (Å²) in [6.45, 7) is 3.04. The normalized spacial score (nSPS) is 22.9. The Morgan fingerprint density at radius 2 is 2.29 bits per heavy atom. The first kappa shape index (κ1) is 13.0. The minimum atomic E-state index is 0.164. The first-order valence-electron chi connectivity index (χ1n) is 5.73. The van der Waals surface area contributed by atoms with Crippen molar-refractivity contribution in [3.63, 3.8) is 0 Å². The SMILES string of the molecule is CN1CCN(C)C(CC(=O)c2sccc2Cl)C1. The monoisotopic (exact) mass is 272 g/mol. The standard InChI is InChI=1S/C12H17ClN2OS/c1-14-4-5-15(2)9(8-14)7-11(16)12-10(13)3-6-17-12/h3,6,9H,4-5,7-8H2,1-2H3. The van der Waals surface area contributed by atoms with Crippen molar-refractivity contribution in [3.05, 3.63) is 21.3 Å². The molecular weight excluding hydrogens is 256 g/mol. The summed E-state index contributed by atoms with van der Waals surface area (Å²) >= 11 is 7.42. The summed E-state index contributed by atoms with van der Waals surface area (Å²) in [7, 11) is 4.18. The summed E-state index contributed by atoms with van der Waals surface area (Å²) in [4.78, 5) is 17.4. The number of likely N-dealkylation sites (N-methyl/N-ethyl adjacent to an activating group) is 2. The number of Topliss-reactive ketones (excluding diaryl/α,β-unsaturated/α-hetero) is 1. The summed E-state index contributed by atoms with van der Waals surface area (Å²) in [5.41, 5.74) is 0. The molecule has 17 heavy (non-hydrogen) atoms. The first-order chi connectivity index (χ1) is 8.08. The second kappa shape index (κ2) is 5.48. The van der Waals surface area contributed by atoms with Crippen molar-refractivity contribution in [1.29, 1.82) is 0 Å². The van der Waals surface area contributed by atoms with E-state index in [1.165, 1.54) is 11.3 Å². The summed E-state index contributed by atoms with van der Waals surface area (Å²) < 4.78 is 0. The van der Waals surface area contributed by atoms with Gasteiger partial charge in [-0.3, -0.25) is 4.79 Å². The van der Waals surface area contributed by atoms with E-state index in [2.05, 4.69) is 23.9 Å². The molecule has 1 aliphatic rings. The number of carbonyl (C=O) groups excluding carboxylic acids is 1. The van der Waals surface area contributed by atoms with Crippen LogP contribution in [0.3, 0.4) is 0 Å². The Morgan fingerprint density at radius 3 is 2.94 bits per heavy atom. The van der Waals surface area contributed by atoms with Gasteiger partial charge in [-0.25, -0.2) is 0 Å². The summed E-state index contributed by atoms with van der Waals surface area (Å²) in [5.74, 6) is 0.164. The topological polar surface area (TPSA) is 23.6 Å². The zero-order valence-electron chi connectivity index (χ0n) is 10.1. The molecule has 1 aliphatic heterocycles. The number of nitrogens with zero attached hydrogens (tertiary/aromatic N) is 2. The average Bonchev–Trinajstić information content (AvgIpc) is 2.70. The van der Waals surface area contributed by atoms with Gasteiger partial charge in [0.25, 0.3) is 0 Å². The number of piperazine rings is 1. The molecule has 2 rings (SSSR count). The lowest BCUT2D eigenvalue weighted by molar-refractivity contribution is 0.0813. The fraction of sp³-hybridized carbons (Fsp3) is 0.583. The van der Waals surface area contributed by atoms with Crippen molar-refractivity contribution in [2.45, 2.75) is 12.5 Å². The summed E-state index contributed by atoms with van der Waals surface area (Å²) in [5, 5.41) is 2.46. The predicted octanol–water partition coefficient (Wildman–Crippen LogP) is 2.22. The van der Waals surface area contributed by atoms with Gasteiger partial charge >= 0.3 is 0 Å². The van der Waals surface area contributed by atoms with Crippen LogP contribution in [0, 0.1) is 0 Å². The van der Waals surface area contributed by atoms with E-state index < -0.39 is 0 Å². The van der Waals surface area contributed by atoms with Crippen molar-refractivity contribution >= 4 is 28.7 Å². The summed E-state index contributed by atoms with van der Waals surface area (Å²) in [6.07, 6.45) is 0.557. The van der Waals surface area contributed by atoms with Crippen molar-refractivity contribution < 1.29 is 4.79 Å². The molecule has 0 radical (unpaired) electrons. The quantitative estimate of drug-likeness (QED) is 0.789. The van der Waals surface area contributed by atoms with Crippen LogP contribution in [0.5, 0.6) is 0 Å². The molecule has 0 amide bonds. The fourth-order valence-electron chi connectivity index (χ4n) is 2.12. The lowest BCUT2D eigenvalue weighted by Crippen LogP contribution is -2.50. The second-order valence-electron chi connectivity index (χ2n) is 4.62.